The Kier molecular flexibility index (Phi) is 5.04. The molecule has 0 saturated heterocycles. The average molecular weight is 417 g/mol. The number of carbonyl (C=O) groups is 1. The number of methoxy groups -OCH3 is 1. The topological polar surface area (TPSA) is 43.6 Å². The Hall–Kier alpha value is -2.15. The van der Waals surface area contributed by atoms with Crippen LogP contribution < -0.4 is 9.54 Å². The van der Waals surface area contributed by atoms with Crippen LogP contribution in [-0.4, -0.2) is 17.6 Å². The number of hydrogen-bond acceptors (Lipinski definition) is 4. The van der Waals surface area contributed by atoms with E-state index < -0.39 is 0 Å². The number of halogens is 1. The number of benzene rings is 2. The van der Waals surface area contributed by atoms with Crippen LogP contribution >= 0.6 is 34.3 Å². The first kappa shape index (κ1) is 18.2. The van der Waals surface area contributed by atoms with Crippen LogP contribution in [0, 0.1) is 0 Å². The van der Waals surface area contributed by atoms with Crippen LogP contribution in [0.15, 0.2) is 47.5 Å². The van der Waals surface area contributed by atoms with Crippen LogP contribution in [0.4, 0.5) is 0 Å². The minimum absolute atomic E-state index is 0.301. The van der Waals surface area contributed by atoms with E-state index in [9.17, 15) is 4.79 Å². The van der Waals surface area contributed by atoms with Gasteiger partial charge in [-0.25, -0.2) is 0 Å². The second kappa shape index (κ2) is 7.46. The fourth-order valence-corrected chi connectivity index (χ4v) is 5.47. The van der Waals surface area contributed by atoms with Crippen LogP contribution in [0.5, 0.6) is 5.75 Å². The molecule has 0 aliphatic rings. The molecule has 138 valence electrons. The van der Waals surface area contributed by atoms with E-state index in [4.69, 9.17) is 16.3 Å². The number of aryl methyl sites for hydroxylation is 1. The fraction of sp³-hybridized carbons (Fsp3) is 0.200. The summed E-state index contributed by atoms with van der Waals surface area (Å²) in [5.74, 6) is 0.488. The summed E-state index contributed by atoms with van der Waals surface area (Å²) in [7, 11) is 1.65. The Morgan fingerprint density at radius 2 is 2.00 bits per heavy atom. The maximum Gasteiger partial charge on any atom is 0.291 e. The SMILES string of the molecule is CCCn1c(=NC(=O)c2sc3ccccc3c2Cl)sc2cc(OC)ccc21. The number of hydrogen-bond donors (Lipinski definition) is 0. The Morgan fingerprint density at radius 3 is 2.74 bits per heavy atom. The second-order valence-corrected chi connectivity index (χ2v) is 8.47. The van der Waals surface area contributed by atoms with Crippen LogP contribution in [0.3, 0.4) is 0 Å². The smallest absolute Gasteiger partial charge is 0.291 e. The molecule has 2 aromatic heterocycles. The molecule has 0 saturated carbocycles. The number of amides is 1. The Bertz CT molecular complexity index is 1220. The molecule has 4 aromatic rings. The molecule has 27 heavy (non-hydrogen) atoms. The molecule has 7 heteroatoms. The number of thiazole rings is 1. The van der Waals surface area contributed by atoms with E-state index in [0.29, 0.717) is 14.7 Å². The van der Waals surface area contributed by atoms with Crippen molar-refractivity contribution >= 4 is 60.5 Å². The Labute approximate surface area is 169 Å². The van der Waals surface area contributed by atoms with Crippen molar-refractivity contribution in [3.8, 4) is 5.75 Å². The lowest BCUT2D eigenvalue weighted by molar-refractivity contribution is 0.100. The summed E-state index contributed by atoms with van der Waals surface area (Å²) in [5, 5.41) is 1.37. The summed E-state index contributed by atoms with van der Waals surface area (Å²) in [6.07, 6.45) is 0.947. The highest BCUT2D eigenvalue weighted by atomic mass is 35.5. The van der Waals surface area contributed by atoms with Crippen molar-refractivity contribution in [2.24, 2.45) is 4.99 Å². The first-order valence-electron chi connectivity index (χ1n) is 8.56. The molecule has 0 unspecified atom stereocenters. The highest BCUT2D eigenvalue weighted by Crippen LogP contribution is 2.35. The van der Waals surface area contributed by atoms with Gasteiger partial charge in [0.15, 0.2) is 4.80 Å². The maximum atomic E-state index is 12.9. The third-order valence-electron chi connectivity index (χ3n) is 4.26. The van der Waals surface area contributed by atoms with E-state index in [1.807, 2.05) is 42.5 Å². The number of rotatable bonds is 4. The van der Waals surface area contributed by atoms with Crippen molar-refractivity contribution in [1.29, 1.82) is 0 Å². The Balaban J connectivity index is 1.86. The molecule has 0 spiro atoms. The normalized spacial score (nSPS) is 12.2. The van der Waals surface area contributed by atoms with Gasteiger partial charge in [-0.3, -0.25) is 4.79 Å². The lowest BCUT2D eigenvalue weighted by atomic mass is 10.2. The molecule has 0 atom stereocenters. The van der Waals surface area contributed by atoms with E-state index >= 15 is 0 Å². The van der Waals surface area contributed by atoms with Crippen LogP contribution in [0.25, 0.3) is 20.3 Å². The fourth-order valence-electron chi connectivity index (χ4n) is 2.99. The van der Waals surface area contributed by atoms with Gasteiger partial charge >= 0.3 is 0 Å². The minimum atomic E-state index is -0.301. The van der Waals surface area contributed by atoms with Crippen molar-refractivity contribution in [2.45, 2.75) is 19.9 Å². The summed E-state index contributed by atoms with van der Waals surface area (Å²) < 4.78 is 9.43. The Morgan fingerprint density at radius 1 is 1.19 bits per heavy atom. The molecule has 4 rings (SSSR count). The minimum Gasteiger partial charge on any atom is -0.497 e. The van der Waals surface area contributed by atoms with E-state index in [1.165, 1.54) is 22.7 Å². The number of nitrogens with zero attached hydrogens (tertiary/aromatic N) is 2. The molecule has 0 aliphatic heterocycles. The second-order valence-electron chi connectivity index (χ2n) is 6.03. The largest absolute Gasteiger partial charge is 0.497 e. The van der Waals surface area contributed by atoms with E-state index in [2.05, 4.69) is 16.5 Å². The van der Waals surface area contributed by atoms with Gasteiger partial charge in [0.05, 0.1) is 22.3 Å². The molecular formula is C20H17ClN2O2S2. The van der Waals surface area contributed by atoms with E-state index in [-0.39, 0.29) is 5.91 Å². The van der Waals surface area contributed by atoms with E-state index in [1.54, 1.807) is 7.11 Å². The zero-order valence-electron chi connectivity index (χ0n) is 14.9. The molecule has 0 aliphatic carbocycles. The molecule has 0 N–H and O–H groups in total. The predicted molar refractivity (Wildman–Crippen MR) is 113 cm³/mol. The highest BCUT2D eigenvalue weighted by molar-refractivity contribution is 7.21. The molecule has 2 aromatic carbocycles. The lowest BCUT2D eigenvalue weighted by Gasteiger charge is -2.03. The van der Waals surface area contributed by atoms with Crippen molar-refractivity contribution in [3.63, 3.8) is 0 Å². The summed E-state index contributed by atoms with van der Waals surface area (Å²) in [6.45, 7) is 2.90. The molecular weight excluding hydrogens is 400 g/mol. The quantitative estimate of drug-likeness (QED) is 0.426. The van der Waals surface area contributed by atoms with Gasteiger partial charge in [0, 0.05) is 16.6 Å². The monoisotopic (exact) mass is 416 g/mol. The number of aromatic nitrogens is 1. The molecule has 0 bridgehead atoms. The van der Waals surface area contributed by atoms with Crippen molar-refractivity contribution < 1.29 is 9.53 Å². The molecule has 2 heterocycles. The molecule has 0 fully saturated rings. The van der Waals surface area contributed by atoms with Crippen LogP contribution in [-0.2, 0) is 6.54 Å². The van der Waals surface area contributed by atoms with Gasteiger partial charge in [-0.1, -0.05) is 48.1 Å². The molecule has 4 nitrogen and oxygen atoms in total. The number of ether oxygens (including phenoxy) is 1. The van der Waals surface area contributed by atoms with Gasteiger partial charge in [-0.05, 0) is 30.7 Å². The third kappa shape index (κ3) is 3.29. The lowest BCUT2D eigenvalue weighted by Crippen LogP contribution is -2.16. The van der Waals surface area contributed by atoms with E-state index in [0.717, 1.165) is 39.0 Å². The highest BCUT2D eigenvalue weighted by Gasteiger charge is 2.17. The maximum absolute atomic E-state index is 12.9. The van der Waals surface area contributed by atoms with Crippen molar-refractivity contribution in [3.05, 3.63) is 57.2 Å². The first-order valence-corrected chi connectivity index (χ1v) is 10.6. The first-order chi connectivity index (χ1) is 13.1. The third-order valence-corrected chi connectivity index (χ3v) is 6.97. The molecule has 0 radical (unpaired) electrons. The van der Waals surface area contributed by atoms with Gasteiger partial charge < -0.3 is 9.30 Å². The zero-order valence-corrected chi connectivity index (χ0v) is 17.2. The summed E-state index contributed by atoms with van der Waals surface area (Å²) in [5.41, 5.74) is 1.05. The van der Waals surface area contributed by atoms with Crippen molar-refractivity contribution in [1.82, 2.24) is 4.57 Å². The van der Waals surface area contributed by atoms with Gasteiger partial charge in [0.2, 0.25) is 0 Å². The van der Waals surface area contributed by atoms with Gasteiger partial charge in [-0.2, -0.15) is 4.99 Å². The van der Waals surface area contributed by atoms with Crippen LogP contribution in [0.2, 0.25) is 5.02 Å². The van der Waals surface area contributed by atoms with Gasteiger partial charge in [0.1, 0.15) is 10.6 Å². The number of fused-ring (bicyclic) bond motifs is 2. The van der Waals surface area contributed by atoms with Gasteiger partial charge in [0.25, 0.3) is 5.91 Å². The van der Waals surface area contributed by atoms with Crippen LogP contribution in [0.1, 0.15) is 23.0 Å². The standard InChI is InChI=1S/C20H17ClN2O2S2/c1-3-10-23-14-9-8-12(25-2)11-16(14)27-20(23)22-19(24)18-17(21)13-6-4-5-7-15(13)26-18/h4-9,11H,3,10H2,1-2H3. The molecule has 1 amide bonds. The summed E-state index contributed by atoms with van der Waals surface area (Å²) in [4.78, 5) is 18.5. The number of thiophene rings is 1. The number of carbonyl (C=O) groups excluding carboxylic acids is 1. The predicted octanol–water partition coefficient (Wildman–Crippen LogP) is 5.73. The average Bonchev–Trinajstić information content (AvgIpc) is 3.20. The van der Waals surface area contributed by atoms with Crippen molar-refractivity contribution in [2.75, 3.05) is 7.11 Å². The summed E-state index contributed by atoms with van der Waals surface area (Å²) in [6, 6.07) is 13.7. The van der Waals surface area contributed by atoms with Gasteiger partial charge in [-0.15, -0.1) is 11.3 Å². The summed E-state index contributed by atoms with van der Waals surface area (Å²) >= 11 is 9.32. The zero-order chi connectivity index (χ0) is 19.0.